The number of nitrogens with one attached hydrogen (secondary N) is 1. The van der Waals surface area contributed by atoms with Gasteiger partial charge >= 0.3 is 5.97 Å². The van der Waals surface area contributed by atoms with Gasteiger partial charge < -0.3 is 15.8 Å². The second-order valence-electron chi connectivity index (χ2n) is 7.73. The molecular formula is C26H22N2O5. The van der Waals surface area contributed by atoms with Gasteiger partial charge in [-0.2, -0.15) is 0 Å². The summed E-state index contributed by atoms with van der Waals surface area (Å²) in [5.74, 6) is -2.06. The van der Waals surface area contributed by atoms with Crippen LogP contribution < -0.4 is 11.1 Å². The van der Waals surface area contributed by atoms with Crippen LogP contribution in [0.4, 0.5) is 5.69 Å². The zero-order valence-electron chi connectivity index (χ0n) is 18.0. The number of nitrogens with two attached hydrogens (primary N) is 1. The number of ketones is 2. The predicted molar refractivity (Wildman–Crippen MR) is 122 cm³/mol. The lowest BCUT2D eigenvalue weighted by molar-refractivity contribution is -0.129. The molecule has 33 heavy (non-hydrogen) atoms. The Balaban J connectivity index is 1.46. The summed E-state index contributed by atoms with van der Waals surface area (Å²) in [5.41, 5.74) is 7.65. The van der Waals surface area contributed by atoms with Crippen molar-refractivity contribution in [3.63, 3.8) is 0 Å². The molecule has 3 aromatic carbocycles. The maximum atomic E-state index is 13.0. The Bertz CT molecular complexity index is 1270. The molecule has 1 atom stereocenters. The van der Waals surface area contributed by atoms with Crippen LogP contribution >= 0.6 is 0 Å². The van der Waals surface area contributed by atoms with Gasteiger partial charge in [-0.1, -0.05) is 54.6 Å². The Kier molecular flexibility index (Phi) is 6.04. The largest absolute Gasteiger partial charge is 0.449 e. The molecule has 3 N–H and O–H groups in total. The molecule has 1 amide bonds. The van der Waals surface area contributed by atoms with Crippen LogP contribution in [0.1, 0.15) is 54.7 Å². The molecular weight excluding hydrogens is 420 g/mol. The first-order valence-electron chi connectivity index (χ1n) is 10.5. The lowest BCUT2D eigenvalue weighted by Crippen LogP contribution is -2.37. The van der Waals surface area contributed by atoms with E-state index in [-0.39, 0.29) is 33.7 Å². The number of rotatable bonds is 6. The van der Waals surface area contributed by atoms with Crippen LogP contribution in [0.15, 0.2) is 66.7 Å². The molecule has 0 heterocycles. The lowest BCUT2D eigenvalue weighted by Gasteiger charge is -2.20. The molecule has 3 aromatic rings. The smallest absolute Gasteiger partial charge is 0.341 e. The molecule has 0 fully saturated rings. The summed E-state index contributed by atoms with van der Waals surface area (Å²) >= 11 is 0. The second-order valence-corrected chi connectivity index (χ2v) is 7.73. The molecule has 0 aromatic heterocycles. The number of ether oxygens (including phenoxy) is 1. The van der Waals surface area contributed by atoms with Crippen LogP contribution in [0.25, 0.3) is 0 Å². The van der Waals surface area contributed by atoms with Crippen molar-refractivity contribution in [1.29, 1.82) is 0 Å². The normalized spacial score (nSPS) is 13.0. The monoisotopic (exact) mass is 442 g/mol. The van der Waals surface area contributed by atoms with Gasteiger partial charge in [-0.25, -0.2) is 4.79 Å². The number of amides is 1. The Hall–Kier alpha value is -4.26. The number of carbonyl (C=O) groups is 4. The van der Waals surface area contributed by atoms with E-state index in [1.54, 1.807) is 24.3 Å². The Morgan fingerprint density at radius 1 is 0.879 bits per heavy atom. The van der Waals surface area contributed by atoms with Crippen molar-refractivity contribution in [3.8, 4) is 0 Å². The molecule has 1 unspecified atom stereocenters. The van der Waals surface area contributed by atoms with Crippen LogP contribution in [0.2, 0.25) is 0 Å². The van der Waals surface area contributed by atoms with Gasteiger partial charge in [0.2, 0.25) is 0 Å². The number of hydrogen-bond donors (Lipinski definition) is 2. The third kappa shape index (κ3) is 4.25. The van der Waals surface area contributed by atoms with Crippen molar-refractivity contribution in [2.45, 2.75) is 19.4 Å². The average molecular weight is 442 g/mol. The van der Waals surface area contributed by atoms with Crippen LogP contribution in [-0.2, 0) is 16.0 Å². The van der Waals surface area contributed by atoms with E-state index < -0.39 is 23.8 Å². The minimum Gasteiger partial charge on any atom is -0.449 e. The first-order chi connectivity index (χ1) is 15.9. The quantitative estimate of drug-likeness (QED) is 0.350. The first kappa shape index (κ1) is 22.0. The van der Waals surface area contributed by atoms with E-state index in [4.69, 9.17) is 10.5 Å². The number of anilines is 1. The standard InChI is InChI=1S/C26H22N2O5/c1-15(25(31)28-14-13-16-7-3-2-4-8-16)33-26(32)20-12-11-19-21(22(20)27)24(30)18-10-6-5-9-17(18)23(19)29/h2-12,15H,13-14,27H2,1H3,(H,28,31). The number of hydrogen-bond acceptors (Lipinski definition) is 6. The molecule has 0 saturated carbocycles. The van der Waals surface area contributed by atoms with E-state index in [0.29, 0.717) is 18.5 Å². The molecule has 166 valence electrons. The van der Waals surface area contributed by atoms with E-state index in [2.05, 4.69) is 5.32 Å². The minimum absolute atomic E-state index is 0.0203. The minimum atomic E-state index is -1.07. The van der Waals surface area contributed by atoms with E-state index >= 15 is 0 Å². The summed E-state index contributed by atoms with van der Waals surface area (Å²) in [7, 11) is 0. The number of fused-ring (bicyclic) bond motifs is 2. The topological polar surface area (TPSA) is 116 Å². The summed E-state index contributed by atoms with van der Waals surface area (Å²) in [6.07, 6.45) is -0.426. The predicted octanol–water partition coefficient (Wildman–Crippen LogP) is 2.95. The zero-order chi connectivity index (χ0) is 23.5. The zero-order valence-corrected chi connectivity index (χ0v) is 18.0. The lowest BCUT2D eigenvalue weighted by atomic mass is 9.82. The molecule has 0 radical (unpaired) electrons. The molecule has 0 bridgehead atoms. The molecule has 0 aliphatic heterocycles. The van der Waals surface area contributed by atoms with Crippen LogP contribution in [0.5, 0.6) is 0 Å². The molecule has 7 nitrogen and oxygen atoms in total. The van der Waals surface area contributed by atoms with Gasteiger partial charge in [0, 0.05) is 23.2 Å². The summed E-state index contributed by atoms with van der Waals surface area (Å²) in [6.45, 7) is 1.84. The molecule has 1 aliphatic carbocycles. The fourth-order valence-corrected chi connectivity index (χ4v) is 3.79. The van der Waals surface area contributed by atoms with Gasteiger partial charge in [-0.05, 0) is 31.0 Å². The number of carbonyl (C=O) groups excluding carboxylic acids is 4. The van der Waals surface area contributed by atoms with Crippen molar-refractivity contribution in [2.24, 2.45) is 0 Å². The SMILES string of the molecule is CC(OC(=O)c1ccc2c(c1N)C(=O)c1ccccc1C2=O)C(=O)NCCc1ccccc1. The van der Waals surface area contributed by atoms with Crippen LogP contribution in [0, 0.1) is 0 Å². The maximum Gasteiger partial charge on any atom is 0.341 e. The fourth-order valence-electron chi connectivity index (χ4n) is 3.79. The number of benzene rings is 3. The Morgan fingerprint density at radius 2 is 1.52 bits per heavy atom. The van der Waals surface area contributed by atoms with Gasteiger partial charge in [0.15, 0.2) is 17.7 Å². The first-order valence-corrected chi connectivity index (χ1v) is 10.5. The van der Waals surface area contributed by atoms with E-state index in [1.165, 1.54) is 19.1 Å². The Morgan fingerprint density at radius 3 is 2.21 bits per heavy atom. The summed E-state index contributed by atoms with van der Waals surface area (Å²) in [4.78, 5) is 50.8. The maximum absolute atomic E-state index is 13.0. The van der Waals surface area contributed by atoms with Crippen LogP contribution in [-0.4, -0.2) is 36.1 Å². The highest BCUT2D eigenvalue weighted by Gasteiger charge is 2.33. The highest BCUT2D eigenvalue weighted by Crippen LogP contribution is 2.33. The second kappa shape index (κ2) is 9.08. The molecule has 0 spiro atoms. The third-order valence-electron chi connectivity index (χ3n) is 5.56. The van der Waals surface area contributed by atoms with E-state index in [1.807, 2.05) is 30.3 Å². The number of esters is 1. The van der Waals surface area contributed by atoms with Gasteiger partial charge in [-0.15, -0.1) is 0 Å². The summed E-state index contributed by atoms with van der Waals surface area (Å²) < 4.78 is 5.28. The van der Waals surface area contributed by atoms with Crippen molar-refractivity contribution in [2.75, 3.05) is 12.3 Å². The molecule has 1 aliphatic rings. The highest BCUT2D eigenvalue weighted by atomic mass is 16.5. The third-order valence-corrected chi connectivity index (χ3v) is 5.56. The average Bonchev–Trinajstić information content (AvgIpc) is 2.82. The van der Waals surface area contributed by atoms with Gasteiger partial charge in [0.1, 0.15) is 0 Å². The summed E-state index contributed by atoms with van der Waals surface area (Å²) in [6, 6.07) is 18.9. The Labute approximate surface area is 190 Å². The fraction of sp³-hybridized carbons (Fsp3) is 0.154. The van der Waals surface area contributed by atoms with Crippen molar-refractivity contribution >= 4 is 29.1 Å². The highest BCUT2D eigenvalue weighted by molar-refractivity contribution is 6.30. The van der Waals surface area contributed by atoms with Gasteiger partial charge in [-0.3, -0.25) is 14.4 Å². The van der Waals surface area contributed by atoms with Gasteiger partial charge in [0.25, 0.3) is 5.91 Å². The van der Waals surface area contributed by atoms with Crippen molar-refractivity contribution in [1.82, 2.24) is 5.32 Å². The molecule has 4 rings (SSSR count). The van der Waals surface area contributed by atoms with E-state index in [0.717, 1.165) is 5.56 Å². The van der Waals surface area contributed by atoms with Gasteiger partial charge in [0.05, 0.1) is 16.8 Å². The van der Waals surface area contributed by atoms with Crippen molar-refractivity contribution < 1.29 is 23.9 Å². The van der Waals surface area contributed by atoms with Crippen LogP contribution in [0.3, 0.4) is 0 Å². The number of nitrogen functional groups attached to an aromatic ring is 1. The summed E-state index contributed by atoms with van der Waals surface area (Å²) in [5, 5.41) is 2.73. The van der Waals surface area contributed by atoms with E-state index in [9.17, 15) is 19.2 Å². The molecule has 0 saturated heterocycles. The van der Waals surface area contributed by atoms with Crippen molar-refractivity contribution in [3.05, 3.63) is 100 Å². The molecule has 7 heteroatoms.